The lowest BCUT2D eigenvalue weighted by Gasteiger charge is -2.24. The number of anilines is 1. The van der Waals surface area contributed by atoms with Crippen LogP contribution in [0.1, 0.15) is 24.2 Å². The lowest BCUT2D eigenvalue weighted by atomic mass is 10.1. The van der Waals surface area contributed by atoms with Crippen LogP contribution in [0.3, 0.4) is 0 Å². The number of carbonyl (C=O) groups is 2. The van der Waals surface area contributed by atoms with E-state index in [2.05, 4.69) is 10.3 Å². The topological polar surface area (TPSA) is 62.3 Å². The first-order valence-corrected chi connectivity index (χ1v) is 10.2. The molecule has 0 unspecified atom stereocenters. The van der Waals surface area contributed by atoms with E-state index in [1.165, 1.54) is 34.4 Å². The third kappa shape index (κ3) is 5.71. The van der Waals surface area contributed by atoms with E-state index < -0.39 is 5.82 Å². The van der Waals surface area contributed by atoms with Gasteiger partial charge in [-0.05, 0) is 24.1 Å². The molecule has 1 aromatic heterocycles. The molecule has 0 spiro atoms. The number of benzene rings is 2. The molecule has 5 nitrogen and oxygen atoms in total. The largest absolute Gasteiger partial charge is 0.329 e. The first-order chi connectivity index (χ1) is 13.9. The number of hydrogen-bond acceptors (Lipinski definition) is 4. The normalized spacial score (nSPS) is 10.8. The van der Waals surface area contributed by atoms with Gasteiger partial charge in [0.2, 0.25) is 5.91 Å². The van der Waals surface area contributed by atoms with Gasteiger partial charge >= 0.3 is 0 Å². The molecule has 0 radical (unpaired) electrons. The summed E-state index contributed by atoms with van der Waals surface area (Å²) in [5.74, 6) is -1.05. The number of halogens is 1. The van der Waals surface area contributed by atoms with Gasteiger partial charge < -0.3 is 10.2 Å². The number of nitrogens with zero attached hydrogens (tertiary/aromatic N) is 2. The number of aromatic nitrogens is 1. The smallest absolute Gasteiger partial charge is 0.254 e. The highest BCUT2D eigenvalue weighted by atomic mass is 32.1. The van der Waals surface area contributed by atoms with Crippen LogP contribution in [0.25, 0.3) is 11.3 Å². The minimum Gasteiger partial charge on any atom is -0.329 e. The molecule has 0 saturated carbocycles. The number of nitrogens with one attached hydrogen (secondary N) is 1. The Hall–Kier alpha value is -3.06. The van der Waals surface area contributed by atoms with E-state index in [9.17, 15) is 14.0 Å². The number of thiazole rings is 1. The number of rotatable bonds is 7. The summed E-state index contributed by atoms with van der Waals surface area (Å²) in [6.45, 7) is 4.16. The van der Waals surface area contributed by atoms with Crippen LogP contribution in [0.4, 0.5) is 9.52 Å². The van der Waals surface area contributed by atoms with Crippen molar-refractivity contribution in [2.45, 2.75) is 13.8 Å². The lowest BCUT2D eigenvalue weighted by molar-refractivity contribution is -0.117. The number of hydrogen-bond donors (Lipinski definition) is 1. The standard InChI is InChI=1S/C22H22FN3O2S/c1-15(2)12-26(21(28)17-9-6-10-18(23)11-17)13-20(27)25-22-24-19(14-29-22)16-7-4-3-5-8-16/h3-11,14-15H,12-13H2,1-2H3,(H,24,25,27). The number of carbonyl (C=O) groups excluding carboxylic acids is 2. The maximum absolute atomic E-state index is 13.5. The van der Waals surface area contributed by atoms with Gasteiger partial charge in [0.25, 0.3) is 5.91 Å². The Balaban J connectivity index is 1.69. The molecule has 150 valence electrons. The molecule has 3 aromatic rings. The summed E-state index contributed by atoms with van der Waals surface area (Å²) in [4.78, 5) is 31.2. The van der Waals surface area contributed by atoms with E-state index in [0.29, 0.717) is 11.7 Å². The van der Waals surface area contributed by atoms with E-state index in [1.807, 2.05) is 49.6 Å². The fraction of sp³-hybridized carbons (Fsp3) is 0.227. The molecule has 0 saturated heterocycles. The van der Waals surface area contributed by atoms with Gasteiger partial charge in [0, 0.05) is 23.1 Å². The Kier molecular flexibility index (Phi) is 6.72. The quantitative estimate of drug-likeness (QED) is 0.614. The van der Waals surface area contributed by atoms with Gasteiger partial charge in [-0.15, -0.1) is 11.3 Å². The van der Waals surface area contributed by atoms with Crippen molar-refractivity contribution in [1.29, 1.82) is 0 Å². The summed E-state index contributed by atoms with van der Waals surface area (Å²) in [5, 5.41) is 5.09. The van der Waals surface area contributed by atoms with Crippen LogP contribution in [0.5, 0.6) is 0 Å². The molecular formula is C22H22FN3O2S. The third-order valence-corrected chi connectivity index (χ3v) is 4.86. The first-order valence-electron chi connectivity index (χ1n) is 9.28. The third-order valence-electron chi connectivity index (χ3n) is 4.10. The van der Waals surface area contributed by atoms with Crippen molar-refractivity contribution >= 4 is 28.3 Å². The van der Waals surface area contributed by atoms with Gasteiger partial charge in [-0.3, -0.25) is 9.59 Å². The molecule has 2 amide bonds. The van der Waals surface area contributed by atoms with Crippen molar-refractivity contribution in [3.05, 3.63) is 71.4 Å². The monoisotopic (exact) mass is 411 g/mol. The lowest BCUT2D eigenvalue weighted by Crippen LogP contribution is -2.40. The van der Waals surface area contributed by atoms with Crippen molar-refractivity contribution in [2.24, 2.45) is 5.92 Å². The van der Waals surface area contributed by atoms with Crippen molar-refractivity contribution in [1.82, 2.24) is 9.88 Å². The zero-order chi connectivity index (χ0) is 20.8. The fourth-order valence-corrected chi connectivity index (χ4v) is 3.60. The van der Waals surface area contributed by atoms with Gasteiger partial charge in [0.05, 0.1) is 5.69 Å². The van der Waals surface area contributed by atoms with Crippen LogP contribution < -0.4 is 5.32 Å². The molecule has 3 rings (SSSR count). The van der Waals surface area contributed by atoms with Crippen LogP contribution in [0.15, 0.2) is 60.0 Å². The molecule has 0 bridgehead atoms. The van der Waals surface area contributed by atoms with Crippen LogP contribution in [0, 0.1) is 11.7 Å². The Morgan fingerprint density at radius 3 is 2.59 bits per heavy atom. The molecule has 1 N–H and O–H groups in total. The van der Waals surface area contributed by atoms with E-state index in [1.54, 1.807) is 6.07 Å². The van der Waals surface area contributed by atoms with Crippen LogP contribution >= 0.6 is 11.3 Å². The van der Waals surface area contributed by atoms with Crippen LogP contribution in [-0.2, 0) is 4.79 Å². The Bertz CT molecular complexity index is 988. The van der Waals surface area contributed by atoms with Gasteiger partial charge in [0.15, 0.2) is 5.13 Å². The molecule has 0 atom stereocenters. The summed E-state index contributed by atoms with van der Waals surface area (Å²) in [6.07, 6.45) is 0. The highest BCUT2D eigenvalue weighted by molar-refractivity contribution is 7.14. The maximum Gasteiger partial charge on any atom is 0.254 e. The molecule has 0 fully saturated rings. The van der Waals surface area contributed by atoms with Crippen molar-refractivity contribution in [3.8, 4) is 11.3 Å². The Labute approximate surface area is 173 Å². The summed E-state index contributed by atoms with van der Waals surface area (Å²) in [5.41, 5.74) is 1.96. The second-order valence-electron chi connectivity index (χ2n) is 7.04. The second-order valence-corrected chi connectivity index (χ2v) is 7.90. The summed E-state index contributed by atoms with van der Waals surface area (Å²) in [6, 6.07) is 15.2. The van der Waals surface area contributed by atoms with Crippen LogP contribution in [0.2, 0.25) is 0 Å². The predicted octanol–water partition coefficient (Wildman–Crippen LogP) is 4.69. The van der Waals surface area contributed by atoms with Crippen molar-refractivity contribution in [2.75, 3.05) is 18.4 Å². The molecule has 7 heteroatoms. The molecule has 0 aliphatic rings. The van der Waals surface area contributed by atoms with Crippen molar-refractivity contribution < 1.29 is 14.0 Å². The fourth-order valence-electron chi connectivity index (χ4n) is 2.87. The Morgan fingerprint density at radius 1 is 1.14 bits per heavy atom. The first kappa shape index (κ1) is 20.7. The summed E-state index contributed by atoms with van der Waals surface area (Å²) < 4.78 is 13.5. The zero-order valence-corrected chi connectivity index (χ0v) is 17.1. The van der Waals surface area contributed by atoms with Gasteiger partial charge in [-0.2, -0.15) is 0 Å². The maximum atomic E-state index is 13.5. The molecule has 2 aromatic carbocycles. The van der Waals surface area contributed by atoms with E-state index in [-0.39, 0.29) is 29.8 Å². The zero-order valence-electron chi connectivity index (χ0n) is 16.3. The van der Waals surface area contributed by atoms with E-state index in [0.717, 1.165) is 11.3 Å². The molecule has 0 aliphatic carbocycles. The Morgan fingerprint density at radius 2 is 1.90 bits per heavy atom. The minimum absolute atomic E-state index is 0.131. The molecule has 29 heavy (non-hydrogen) atoms. The highest BCUT2D eigenvalue weighted by Gasteiger charge is 2.21. The number of amides is 2. The van der Waals surface area contributed by atoms with Crippen LogP contribution in [-0.4, -0.2) is 34.8 Å². The SMILES string of the molecule is CC(C)CN(CC(=O)Nc1nc(-c2ccccc2)cs1)C(=O)c1cccc(F)c1. The summed E-state index contributed by atoms with van der Waals surface area (Å²) in [7, 11) is 0. The average molecular weight is 412 g/mol. The molecule has 1 heterocycles. The van der Waals surface area contributed by atoms with E-state index >= 15 is 0 Å². The minimum atomic E-state index is -0.485. The van der Waals surface area contributed by atoms with Gasteiger partial charge in [0.1, 0.15) is 12.4 Å². The van der Waals surface area contributed by atoms with Gasteiger partial charge in [-0.25, -0.2) is 9.37 Å². The van der Waals surface area contributed by atoms with Crippen molar-refractivity contribution in [3.63, 3.8) is 0 Å². The second kappa shape index (κ2) is 9.43. The molecular weight excluding hydrogens is 389 g/mol. The predicted molar refractivity (Wildman–Crippen MR) is 113 cm³/mol. The summed E-state index contributed by atoms with van der Waals surface area (Å²) >= 11 is 1.32. The highest BCUT2D eigenvalue weighted by Crippen LogP contribution is 2.24. The average Bonchev–Trinajstić information content (AvgIpc) is 3.15. The van der Waals surface area contributed by atoms with Gasteiger partial charge in [-0.1, -0.05) is 50.2 Å². The van der Waals surface area contributed by atoms with E-state index in [4.69, 9.17) is 0 Å². The molecule has 0 aliphatic heterocycles.